The Kier molecular flexibility index (Phi) is 14.8. The lowest BCUT2D eigenvalue weighted by Crippen LogP contribution is -1.99. The summed E-state index contributed by atoms with van der Waals surface area (Å²) < 4.78 is 4.59. The van der Waals surface area contributed by atoms with Crippen molar-refractivity contribution in [3.63, 3.8) is 0 Å². The fourth-order valence-electron chi connectivity index (χ4n) is 2.31. The van der Waals surface area contributed by atoms with Crippen molar-refractivity contribution < 1.29 is 19.4 Å². The molecule has 0 saturated carbocycles. The number of rotatable bonds is 15. The molecule has 0 unspecified atom stereocenters. The second-order valence-corrected chi connectivity index (χ2v) is 5.62. The molecule has 0 spiro atoms. The minimum Gasteiger partial charge on any atom is -0.469 e. The maximum atomic E-state index is 11.6. The van der Waals surface area contributed by atoms with Gasteiger partial charge in [0.2, 0.25) is 0 Å². The molecule has 0 fully saturated rings. The van der Waals surface area contributed by atoms with E-state index in [-0.39, 0.29) is 12.6 Å². The number of aliphatic hydroxyl groups excluding tert-OH is 1. The molecule has 0 aromatic rings. The van der Waals surface area contributed by atoms with Crippen LogP contribution >= 0.6 is 0 Å². The van der Waals surface area contributed by atoms with E-state index < -0.39 is 0 Å². The van der Waals surface area contributed by atoms with Crippen LogP contribution in [0.5, 0.6) is 0 Å². The standard InChI is InChI=1S/C17H32O4/c1-21-17(20)14-10-5-3-2-4-8-12-16(19)13-9-6-7-11-15-18/h18H,2-15H2,1H3. The molecule has 4 nitrogen and oxygen atoms in total. The van der Waals surface area contributed by atoms with Crippen molar-refractivity contribution in [2.24, 2.45) is 0 Å². The summed E-state index contributed by atoms with van der Waals surface area (Å²) in [4.78, 5) is 22.5. The summed E-state index contributed by atoms with van der Waals surface area (Å²) in [7, 11) is 1.42. The van der Waals surface area contributed by atoms with Crippen LogP contribution in [0, 0.1) is 0 Å². The van der Waals surface area contributed by atoms with Gasteiger partial charge in [-0.3, -0.25) is 9.59 Å². The number of hydrogen-bond donors (Lipinski definition) is 1. The molecule has 0 heterocycles. The maximum absolute atomic E-state index is 11.6. The third-order valence-electron chi connectivity index (χ3n) is 3.68. The molecule has 21 heavy (non-hydrogen) atoms. The number of Topliss-reactive ketones (excluding diaryl/α,β-unsaturated/α-hetero) is 1. The van der Waals surface area contributed by atoms with Crippen molar-refractivity contribution in [2.75, 3.05) is 13.7 Å². The highest BCUT2D eigenvalue weighted by atomic mass is 16.5. The molecular weight excluding hydrogens is 268 g/mol. The van der Waals surface area contributed by atoms with E-state index in [4.69, 9.17) is 5.11 Å². The van der Waals surface area contributed by atoms with Gasteiger partial charge in [-0.25, -0.2) is 0 Å². The second-order valence-electron chi connectivity index (χ2n) is 5.62. The van der Waals surface area contributed by atoms with Crippen LogP contribution in [0.2, 0.25) is 0 Å². The zero-order valence-corrected chi connectivity index (χ0v) is 13.6. The lowest BCUT2D eigenvalue weighted by molar-refractivity contribution is -0.140. The van der Waals surface area contributed by atoms with E-state index in [0.29, 0.717) is 25.0 Å². The number of ether oxygens (including phenoxy) is 1. The molecule has 0 atom stereocenters. The van der Waals surface area contributed by atoms with E-state index in [9.17, 15) is 9.59 Å². The quantitative estimate of drug-likeness (QED) is 0.369. The van der Waals surface area contributed by atoms with Crippen LogP contribution in [0.1, 0.15) is 83.5 Å². The van der Waals surface area contributed by atoms with Gasteiger partial charge in [0.05, 0.1) is 7.11 Å². The number of aliphatic hydroxyl groups is 1. The van der Waals surface area contributed by atoms with Gasteiger partial charge in [-0.15, -0.1) is 0 Å². The first kappa shape index (κ1) is 20.1. The lowest BCUT2D eigenvalue weighted by Gasteiger charge is -2.03. The number of carbonyl (C=O) groups excluding carboxylic acids is 2. The highest BCUT2D eigenvalue weighted by Crippen LogP contribution is 2.11. The lowest BCUT2D eigenvalue weighted by atomic mass is 10.0. The van der Waals surface area contributed by atoms with E-state index in [0.717, 1.165) is 64.2 Å². The van der Waals surface area contributed by atoms with E-state index in [2.05, 4.69) is 4.74 Å². The van der Waals surface area contributed by atoms with E-state index >= 15 is 0 Å². The number of ketones is 1. The number of carbonyl (C=O) groups is 2. The third kappa shape index (κ3) is 15.3. The van der Waals surface area contributed by atoms with Gasteiger partial charge < -0.3 is 9.84 Å². The molecule has 0 aromatic carbocycles. The fraction of sp³-hybridized carbons (Fsp3) is 0.882. The summed E-state index contributed by atoms with van der Waals surface area (Å²) in [6.45, 7) is 0.258. The SMILES string of the molecule is COC(=O)CCCCCCCCC(=O)CCCCCCO. The number of methoxy groups -OCH3 is 1. The first-order chi connectivity index (χ1) is 10.2. The van der Waals surface area contributed by atoms with Gasteiger partial charge in [0.1, 0.15) is 5.78 Å². The molecule has 0 aliphatic heterocycles. The molecule has 1 N–H and O–H groups in total. The van der Waals surface area contributed by atoms with E-state index in [1.165, 1.54) is 7.11 Å². The molecule has 0 radical (unpaired) electrons. The van der Waals surface area contributed by atoms with Crippen LogP contribution in [0.25, 0.3) is 0 Å². The van der Waals surface area contributed by atoms with Gasteiger partial charge in [-0.1, -0.05) is 38.5 Å². The minimum atomic E-state index is -0.125. The molecule has 0 aliphatic rings. The summed E-state index contributed by atoms with van der Waals surface area (Å²) in [6.07, 6.45) is 12.2. The Morgan fingerprint density at radius 2 is 1.14 bits per heavy atom. The molecule has 4 heteroatoms. The Bertz CT molecular complexity index is 264. The number of esters is 1. The van der Waals surface area contributed by atoms with Crippen LogP contribution in [-0.4, -0.2) is 30.6 Å². The van der Waals surface area contributed by atoms with Crippen LogP contribution in [0.3, 0.4) is 0 Å². The molecule has 0 rings (SSSR count). The van der Waals surface area contributed by atoms with Crippen molar-refractivity contribution >= 4 is 11.8 Å². The first-order valence-electron chi connectivity index (χ1n) is 8.40. The monoisotopic (exact) mass is 300 g/mol. The van der Waals surface area contributed by atoms with Crippen LogP contribution in [-0.2, 0) is 14.3 Å². The molecule has 0 aliphatic carbocycles. The fourth-order valence-corrected chi connectivity index (χ4v) is 2.31. The smallest absolute Gasteiger partial charge is 0.305 e. The summed E-state index contributed by atoms with van der Waals surface area (Å²) >= 11 is 0. The Hall–Kier alpha value is -0.900. The Balaban J connectivity index is 3.19. The third-order valence-corrected chi connectivity index (χ3v) is 3.68. The van der Waals surface area contributed by atoms with E-state index in [1.54, 1.807) is 0 Å². The van der Waals surface area contributed by atoms with Gasteiger partial charge in [0.25, 0.3) is 0 Å². The van der Waals surface area contributed by atoms with Gasteiger partial charge >= 0.3 is 5.97 Å². The topological polar surface area (TPSA) is 63.6 Å². The average Bonchev–Trinajstić information content (AvgIpc) is 2.49. The van der Waals surface area contributed by atoms with Crippen LogP contribution in [0.4, 0.5) is 0 Å². The van der Waals surface area contributed by atoms with Crippen LogP contribution in [0.15, 0.2) is 0 Å². The Morgan fingerprint density at radius 3 is 1.62 bits per heavy atom. The summed E-state index contributed by atoms with van der Waals surface area (Å²) in [5.41, 5.74) is 0. The molecular formula is C17H32O4. The van der Waals surface area contributed by atoms with Crippen LogP contribution < -0.4 is 0 Å². The Morgan fingerprint density at radius 1 is 0.714 bits per heavy atom. The second kappa shape index (κ2) is 15.5. The van der Waals surface area contributed by atoms with Crippen molar-refractivity contribution in [3.8, 4) is 0 Å². The van der Waals surface area contributed by atoms with Crippen molar-refractivity contribution in [3.05, 3.63) is 0 Å². The highest BCUT2D eigenvalue weighted by Gasteiger charge is 2.02. The van der Waals surface area contributed by atoms with Gasteiger partial charge in [-0.05, 0) is 25.7 Å². The maximum Gasteiger partial charge on any atom is 0.305 e. The zero-order chi connectivity index (χ0) is 15.8. The predicted molar refractivity (Wildman–Crippen MR) is 84.1 cm³/mol. The molecule has 124 valence electrons. The highest BCUT2D eigenvalue weighted by molar-refractivity contribution is 5.78. The molecule has 0 saturated heterocycles. The summed E-state index contributed by atoms with van der Waals surface area (Å²) in [5.74, 6) is 0.254. The first-order valence-corrected chi connectivity index (χ1v) is 8.40. The molecule has 0 bridgehead atoms. The van der Waals surface area contributed by atoms with Crippen molar-refractivity contribution in [1.29, 1.82) is 0 Å². The average molecular weight is 300 g/mol. The van der Waals surface area contributed by atoms with Gasteiger partial charge in [0.15, 0.2) is 0 Å². The van der Waals surface area contributed by atoms with Gasteiger partial charge in [-0.2, -0.15) is 0 Å². The summed E-state index contributed by atoms with van der Waals surface area (Å²) in [6, 6.07) is 0. The molecule has 0 aromatic heterocycles. The van der Waals surface area contributed by atoms with Gasteiger partial charge in [0, 0.05) is 25.9 Å². The van der Waals surface area contributed by atoms with E-state index in [1.807, 2.05) is 0 Å². The number of hydrogen-bond acceptors (Lipinski definition) is 4. The van der Waals surface area contributed by atoms with Crippen molar-refractivity contribution in [1.82, 2.24) is 0 Å². The molecule has 0 amide bonds. The Labute approximate surface area is 129 Å². The normalized spacial score (nSPS) is 10.6. The largest absolute Gasteiger partial charge is 0.469 e. The summed E-state index contributed by atoms with van der Waals surface area (Å²) in [5, 5.41) is 8.65. The number of unbranched alkanes of at least 4 members (excludes halogenated alkanes) is 8. The van der Waals surface area contributed by atoms with Crippen molar-refractivity contribution in [2.45, 2.75) is 83.5 Å². The zero-order valence-electron chi connectivity index (χ0n) is 13.6. The predicted octanol–water partition coefficient (Wildman–Crippen LogP) is 3.79. The minimum absolute atomic E-state index is 0.125.